The number of hydrogen-bond acceptors (Lipinski definition) is 3. The zero-order valence-electron chi connectivity index (χ0n) is 12.3. The van der Waals surface area contributed by atoms with Gasteiger partial charge in [-0.1, -0.05) is 31.5 Å². The van der Waals surface area contributed by atoms with E-state index in [0.717, 1.165) is 23.9 Å². The molecule has 1 amide bonds. The lowest BCUT2D eigenvalue weighted by Gasteiger charge is -2.10. The van der Waals surface area contributed by atoms with Gasteiger partial charge in [0.1, 0.15) is 0 Å². The van der Waals surface area contributed by atoms with E-state index in [1.165, 1.54) is 0 Å². The number of amides is 1. The second-order valence-electron chi connectivity index (χ2n) is 5.29. The van der Waals surface area contributed by atoms with Crippen LogP contribution in [0.5, 0.6) is 0 Å². The first-order valence-electron chi connectivity index (χ1n) is 7.14. The summed E-state index contributed by atoms with van der Waals surface area (Å²) < 4.78 is 0. The number of anilines is 1. The first-order chi connectivity index (χ1) is 10.1. The van der Waals surface area contributed by atoms with E-state index >= 15 is 0 Å². The van der Waals surface area contributed by atoms with Crippen molar-refractivity contribution < 1.29 is 4.79 Å². The molecule has 1 aromatic heterocycles. The van der Waals surface area contributed by atoms with Crippen molar-refractivity contribution in [2.45, 2.75) is 32.7 Å². The van der Waals surface area contributed by atoms with E-state index in [1.807, 2.05) is 18.2 Å². The molecule has 0 spiro atoms. The SMILES string of the molecule is CC(C)NCCCC(=O)Nc1cc(Cl)cc2cccnc12. The summed E-state index contributed by atoms with van der Waals surface area (Å²) in [5.41, 5.74) is 1.43. The highest BCUT2D eigenvalue weighted by molar-refractivity contribution is 6.32. The number of carbonyl (C=O) groups excluding carboxylic acids is 1. The molecule has 0 saturated heterocycles. The average Bonchev–Trinajstić information content (AvgIpc) is 2.43. The second kappa shape index (κ2) is 7.38. The third-order valence-corrected chi connectivity index (χ3v) is 3.30. The van der Waals surface area contributed by atoms with Crippen LogP contribution >= 0.6 is 11.6 Å². The Labute approximate surface area is 129 Å². The first kappa shape index (κ1) is 15.7. The fraction of sp³-hybridized carbons (Fsp3) is 0.375. The van der Waals surface area contributed by atoms with Crippen molar-refractivity contribution in [1.82, 2.24) is 10.3 Å². The molecule has 112 valence electrons. The molecule has 2 rings (SSSR count). The highest BCUT2D eigenvalue weighted by Crippen LogP contribution is 2.26. The van der Waals surface area contributed by atoms with Crippen LogP contribution in [0.4, 0.5) is 5.69 Å². The Bertz CT molecular complexity index is 628. The van der Waals surface area contributed by atoms with Gasteiger partial charge in [-0.2, -0.15) is 0 Å². The van der Waals surface area contributed by atoms with Crippen molar-refractivity contribution in [3.8, 4) is 0 Å². The molecule has 2 aromatic rings. The predicted octanol–water partition coefficient (Wildman–Crippen LogP) is 3.60. The van der Waals surface area contributed by atoms with Gasteiger partial charge in [0.05, 0.1) is 11.2 Å². The number of benzene rings is 1. The topological polar surface area (TPSA) is 54.0 Å². The molecular formula is C16H20ClN3O. The van der Waals surface area contributed by atoms with Crippen LogP contribution in [0.1, 0.15) is 26.7 Å². The van der Waals surface area contributed by atoms with Crippen molar-refractivity contribution >= 4 is 34.1 Å². The van der Waals surface area contributed by atoms with Crippen molar-refractivity contribution in [3.63, 3.8) is 0 Å². The summed E-state index contributed by atoms with van der Waals surface area (Å²) in [6, 6.07) is 7.79. The first-order valence-corrected chi connectivity index (χ1v) is 7.51. The van der Waals surface area contributed by atoms with Crippen LogP contribution in [0.2, 0.25) is 5.02 Å². The molecule has 1 heterocycles. The summed E-state index contributed by atoms with van der Waals surface area (Å²) in [7, 11) is 0. The summed E-state index contributed by atoms with van der Waals surface area (Å²) >= 11 is 6.08. The fourth-order valence-corrected chi connectivity index (χ4v) is 2.33. The molecule has 0 aliphatic heterocycles. The fourth-order valence-electron chi connectivity index (χ4n) is 2.10. The Morgan fingerprint density at radius 2 is 2.19 bits per heavy atom. The van der Waals surface area contributed by atoms with E-state index < -0.39 is 0 Å². The highest BCUT2D eigenvalue weighted by Gasteiger charge is 2.08. The molecule has 0 unspecified atom stereocenters. The van der Waals surface area contributed by atoms with Gasteiger partial charge in [-0.05, 0) is 31.2 Å². The van der Waals surface area contributed by atoms with Crippen LogP contribution in [-0.4, -0.2) is 23.5 Å². The molecule has 0 atom stereocenters. The summed E-state index contributed by atoms with van der Waals surface area (Å²) in [5, 5.41) is 7.70. The molecule has 0 radical (unpaired) electrons. The maximum Gasteiger partial charge on any atom is 0.224 e. The predicted molar refractivity (Wildman–Crippen MR) is 87.8 cm³/mol. The van der Waals surface area contributed by atoms with Crippen LogP contribution in [-0.2, 0) is 4.79 Å². The van der Waals surface area contributed by atoms with Gasteiger partial charge in [-0.3, -0.25) is 9.78 Å². The van der Waals surface area contributed by atoms with Crippen LogP contribution in [0.25, 0.3) is 10.9 Å². The number of nitrogens with zero attached hydrogens (tertiary/aromatic N) is 1. The van der Waals surface area contributed by atoms with E-state index in [9.17, 15) is 4.79 Å². The molecule has 0 aliphatic rings. The molecule has 21 heavy (non-hydrogen) atoms. The molecule has 0 fully saturated rings. The average molecular weight is 306 g/mol. The summed E-state index contributed by atoms with van der Waals surface area (Å²) in [6.07, 6.45) is 2.98. The molecule has 2 N–H and O–H groups in total. The number of rotatable bonds is 6. The van der Waals surface area contributed by atoms with Crippen LogP contribution in [0.3, 0.4) is 0 Å². The standard InChI is InChI=1S/C16H20ClN3O/c1-11(2)18-7-4-6-15(21)20-14-10-13(17)9-12-5-3-8-19-16(12)14/h3,5,8-11,18H,4,6-7H2,1-2H3,(H,20,21). The van der Waals surface area contributed by atoms with Gasteiger partial charge in [0.2, 0.25) is 5.91 Å². The Hall–Kier alpha value is -1.65. The maximum absolute atomic E-state index is 12.0. The minimum Gasteiger partial charge on any atom is -0.324 e. The number of pyridine rings is 1. The van der Waals surface area contributed by atoms with Gasteiger partial charge in [-0.25, -0.2) is 0 Å². The summed E-state index contributed by atoms with van der Waals surface area (Å²) in [6.45, 7) is 5.01. The number of halogens is 1. The van der Waals surface area contributed by atoms with Gasteiger partial charge >= 0.3 is 0 Å². The van der Waals surface area contributed by atoms with Gasteiger partial charge < -0.3 is 10.6 Å². The molecule has 5 heteroatoms. The Balaban J connectivity index is 2.01. The molecule has 4 nitrogen and oxygen atoms in total. The maximum atomic E-state index is 12.0. The third-order valence-electron chi connectivity index (χ3n) is 3.08. The minimum atomic E-state index is -0.0187. The second-order valence-corrected chi connectivity index (χ2v) is 5.73. The quantitative estimate of drug-likeness (QED) is 0.802. The lowest BCUT2D eigenvalue weighted by atomic mass is 10.2. The van der Waals surface area contributed by atoms with Crippen molar-refractivity contribution in [3.05, 3.63) is 35.5 Å². The van der Waals surface area contributed by atoms with E-state index in [2.05, 4.69) is 29.5 Å². The van der Waals surface area contributed by atoms with Gasteiger partial charge in [0, 0.05) is 29.1 Å². The number of aromatic nitrogens is 1. The third kappa shape index (κ3) is 4.69. The number of hydrogen-bond donors (Lipinski definition) is 2. The Morgan fingerprint density at radius 3 is 2.95 bits per heavy atom. The number of nitrogens with one attached hydrogen (secondary N) is 2. The van der Waals surface area contributed by atoms with Crippen LogP contribution in [0.15, 0.2) is 30.5 Å². The van der Waals surface area contributed by atoms with Crippen LogP contribution < -0.4 is 10.6 Å². The molecule has 0 saturated carbocycles. The number of fused-ring (bicyclic) bond motifs is 1. The number of carbonyl (C=O) groups is 1. The smallest absolute Gasteiger partial charge is 0.224 e. The van der Waals surface area contributed by atoms with Crippen molar-refractivity contribution in [2.75, 3.05) is 11.9 Å². The normalized spacial score (nSPS) is 11.0. The summed E-state index contributed by atoms with van der Waals surface area (Å²) in [5.74, 6) is -0.0187. The van der Waals surface area contributed by atoms with Gasteiger partial charge in [-0.15, -0.1) is 0 Å². The monoisotopic (exact) mass is 305 g/mol. The van der Waals surface area contributed by atoms with Gasteiger partial charge in [0.15, 0.2) is 0 Å². The Kier molecular flexibility index (Phi) is 5.53. The summed E-state index contributed by atoms with van der Waals surface area (Å²) in [4.78, 5) is 16.3. The van der Waals surface area contributed by atoms with Crippen LogP contribution in [0, 0.1) is 0 Å². The molecule has 1 aromatic carbocycles. The highest BCUT2D eigenvalue weighted by atomic mass is 35.5. The lowest BCUT2D eigenvalue weighted by molar-refractivity contribution is -0.116. The van der Waals surface area contributed by atoms with E-state index in [4.69, 9.17) is 11.6 Å². The zero-order chi connectivity index (χ0) is 15.2. The van der Waals surface area contributed by atoms with Crippen molar-refractivity contribution in [1.29, 1.82) is 0 Å². The lowest BCUT2D eigenvalue weighted by Crippen LogP contribution is -2.24. The zero-order valence-corrected chi connectivity index (χ0v) is 13.1. The largest absolute Gasteiger partial charge is 0.324 e. The molecule has 0 bridgehead atoms. The van der Waals surface area contributed by atoms with E-state index in [1.54, 1.807) is 12.3 Å². The molecular weight excluding hydrogens is 286 g/mol. The van der Waals surface area contributed by atoms with Gasteiger partial charge in [0.25, 0.3) is 0 Å². The van der Waals surface area contributed by atoms with E-state index in [-0.39, 0.29) is 5.91 Å². The Morgan fingerprint density at radius 1 is 1.38 bits per heavy atom. The van der Waals surface area contributed by atoms with E-state index in [0.29, 0.717) is 23.2 Å². The molecule has 0 aliphatic carbocycles. The minimum absolute atomic E-state index is 0.0187. The van der Waals surface area contributed by atoms with Crippen molar-refractivity contribution in [2.24, 2.45) is 0 Å².